The normalized spacial score (nSPS) is 16.0. The Bertz CT molecular complexity index is 1410. The molecule has 0 saturated carbocycles. The Morgan fingerprint density at radius 1 is 0.781 bits per heavy atom. The van der Waals surface area contributed by atoms with E-state index in [4.69, 9.17) is 4.98 Å². The number of nitrogens with zero attached hydrogens (tertiary/aromatic N) is 3. The molecule has 3 heteroatoms. The maximum atomic E-state index is 4.75. The Hall–Kier alpha value is -3.07. The quantitative estimate of drug-likeness (QED) is 0.338. The summed E-state index contributed by atoms with van der Waals surface area (Å²) in [6.07, 6.45) is 4.11. The molecule has 2 aromatic carbocycles. The predicted octanol–water partition coefficient (Wildman–Crippen LogP) is 6.28. The highest BCUT2D eigenvalue weighted by Crippen LogP contribution is 2.55. The van der Waals surface area contributed by atoms with Gasteiger partial charge in [-0.1, -0.05) is 33.8 Å². The van der Waals surface area contributed by atoms with Gasteiger partial charge in [-0.2, -0.15) is 0 Å². The van der Waals surface area contributed by atoms with Gasteiger partial charge in [0, 0.05) is 29.3 Å². The van der Waals surface area contributed by atoms with Crippen molar-refractivity contribution in [2.24, 2.45) is 7.05 Å². The molecular formula is C29H32N3+. The molecule has 0 saturated heterocycles. The Morgan fingerprint density at radius 2 is 1.44 bits per heavy atom. The Morgan fingerprint density at radius 3 is 2.16 bits per heavy atom. The molecule has 2 heterocycles. The fourth-order valence-corrected chi connectivity index (χ4v) is 5.25. The molecule has 0 N–H and O–H groups in total. The minimum atomic E-state index is -0.0314. The van der Waals surface area contributed by atoms with E-state index in [1.807, 2.05) is 13.1 Å². The highest BCUT2D eigenvalue weighted by molar-refractivity contribution is 5.90. The van der Waals surface area contributed by atoms with Gasteiger partial charge in [-0.25, -0.2) is 14.5 Å². The van der Waals surface area contributed by atoms with Crippen molar-refractivity contribution in [3.05, 3.63) is 76.9 Å². The second-order valence-electron chi connectivity index (χ2n) is 10.5. The summed E-state index contributed by atoms with van der Waals surface area (Å²) in [6, 6.07) is 13.9. The average Bonchev–Trinajstić information content (AvgIpc) is 2.73. The van der Waals surface area contributed by atoms with Crippen LogP contribution in [0.4, 0.5) is 0 Å². The molecule has 3 nitrogen and oxygen atoms in total. The zero-order valence-corrected chi connectivity index (χ0v) is 20.5. The molecule has 1 aliphatic rings. The molecule has 0 amide bonds. The summed E-state index contributed by atoms with van der Waals surface area (Å²) in [4.78, 5) is 9.20. The van der Waals surface area contributed by atoms with Crippen molar-refractivity contribution in [3.63, 3.8) is 0 Å². The summed E-state index contributed by atoms with van der Waals surface area (Å²) in [6.45, 7) is 15.9. The minimum Gasteiger partial charge on any atom is -0.241 e. The summed E-state index contributed by atoms with van der Waals surface area (Å²) in [5, 5.41) is 1.11. The largest absolute Gasteiger partial charge is 0.241 e. The second-order valence-corrected chi connectivity index (χ2v) is 10.5. The topological polar surface area (TPSA) is 29.7 Å². The first kappa shape index (κ1) is 20.8. The first-order valence-corrected chi connectivity index (χ1v) is 11.4. The van der Waals surface area contributed by atoms with Crippen LogP contribution in [0.15, 0.2) is 48.8 Å². The fourth-order valence-electron chi connectivity index (χ4n) is 5.25. The van der Waals surface area contributed by atoms with Gasteiger partial charge in [0.1, 0.15) is 12.9 Å². The van der Waals surface area contributed by atoms with Crippen LogP contribution < -0.4 is 4.57 Å². The Labute approximate surface area is 191 Å². The van der Waals surface area contributed by atoms with E-state index in [1.165, 1.54) is 44.6 Å². The van der Waals surface area contributed by atoms with Crippen molar-refractivity contribution in [1.29, 1.82) is 0 Å². The average molecular weight is 423 g/mol. The van der Waals surface area contributed by atoms with Gasteiger partial charge in [0.15, 0.2) is 6.20 Å². The zero-order chi connectivity index (χ0) is 23.0. The molecule has 32 heavy (non-hydrogen) atoms. The molecule has 0 spiro atoms. The van der Waals surface area contributed by atoms with Crippen LogP contribution in [0.5, 0.6) is 0 Å². The molecule has 0 aliphatic heterocycles. The number of benzene rings is 2. The smallest absolute Gasteiger partial charge is 0.212 e. The van der Waals surface area contributed by atoms with Crippen molar-refractivity contribution in [1.82, 2.24) is 9.97 Å². The number of aromatic nitrogens is 3. The molecule has 1 aliphatic carbocycles. The van der Waals surface area contributed by atoms with E-state index in [1.54, 1.807) is 0 Å². The van der Waals surface area contributed by atoms with Gasteiger partial charge in [0.05, 0.1) is 5.52 Å². The van der Waals surface area contributed by atoms with Gasteiger partial charge in [-0.15, -0.1) is 0 Å². The lowest BCUT2D eigenvalue weighted by atomic mass is 9.55. The van der Waals surface area contributed by atoms with Gasteiger partial charge < -0.3 is 0 Å². The van der Waals surface area contributed by atoms with Crippen molar-refractivity contribution >= 4 is 10.9 Å². The summed E-state index contributed by atoms with van der Waals surface area (Å²) in [5.41, 5.74) is 11.5. The van der Waals surface area contributed by atoms with Crippen LogP contribution in [0.1, 0.15) is 55.8 Å². The van der Waals surface area contributed by atoms with Crippen LogP contribution in [-0.4, -0.2) is 9.97 Å². The first-order chi connectivity index (χ1) is 15.0. The SMILES string of the molecule is Cc1cc[n+](C)c(-c2cc3c(cc2C)C(C)(C)C(C)(C)c2cc4cnc(C)nc4cc2-3)c1. The number of rotatable bonds is 1. The second kappa shape index (κ2) is 6.71. The van der Waals surface area contributed by atoms with Gasteiger partial charge in [-0.3, -0.25) is 0 Å². The van der Waals surface area contributed by atoms with Gasteiger partial charge in [-0.05, 0) is 83.2 Å². The van der Waals surface area contributed by atoms with E-state index in [0.29, 0.717) is 0 Å². The Balaban J connectivity index is 1.88. The van der Waals surface area contributed by atoms with E-state index in [2.05, 4.69) is 101 Å². The van der Waals surface area contributed by atoms with Crippen molar-refractivity contribution in [2.45, 2.75) is 59.3 Å². The molecule has 162 valence electrons. The molecular weight excluding hydrogens is 390 g/mol. The fraction of sp³-hybridized carbons (Fsp3) is 0.345. The lowest BCUT2D eigenvalue weighted by molar-refractivity contribution is -0.660. The van der Waals surface area contributed by atoms with Crippen LogP contribution in [0.3, 0.4) is 0 Å². The van der Waals surface area contributed by atoms with Crippen molar-refractivity contribution in [3.8, 4) is 22.4 Å². The van der Waals surface area contributed by atoms with Gasteiger partial charge in [0.25, 0.3) is 0 Å². The van der Waals surface area contributed by atoms with E-state index < -0.39 is 0 Å². The third-order valence-electron chi connectivity index (χ3n) is 7.98. The standard InChI is InChI=1S/C29H32N3/c1-17-9-10-32(8)27(11-17)21-14-22-23-15-26-20(16-30-19(3)31-26)13-25(23)29(6,7)28(4,5)24(22)12-18(21)2/h9-16H,1-8H3/q+1. The molecule has 0 unspecified atom stereocenters. The molecule has 0 bridgehead atoms. The van der Waals surface area contributed by atoms with E-state index >= 15 is 0 Å². The minimum absolute atomic E-state index is 0.0212. The summed E-state index contributed by atoms with van der Waals surface area (Å²) in [7, 11) is 2.13. The lowest BCUT2D eigenvalue weighted by Gasteiger charge is -2.48. The van der Waals surface area contributed by atoms with Gasteiger partial charge >= 0.3 is 0 Å². The molecule has 4 aromatic rings. The van der Waals surface area contributed by atoms with Crippen LogP contribution in [0.2, 0.25) is 0 Å². The molecule has 5 rings (SSSR count). The predicted molar refractivity (Wildman–Crippen MR) is 132 cm³/mol. The Kier molecular flexibility index (Phi) is 4.37. The number of hydrogen-bond donors (Lipinski definition) is 0. The van der Waals surface area contributed by atoms with Crippen LogP contribution in [0.25, 0.3) is 33.3 Å². The lowest BCUT2D eigenvalue weighted by Crippen LogP contribution is -2.43. The number of aryl methyl sites for hydroxylation is 4. The van der Waals surface area contributed by atoms with E-state index in [-0.39, 0.29) is 10.8 Å². The zero-order valence-electron chi connectivity index (χ0n) is 20.5. The van der Waals surface area contributed by atoms with Crippen LogP contribution in [0, 0.1) is 20.8 Å². The van der Waals surface area contributed by atoms with Crippen LogP contribution in [-0.2, 0) is 17.9 Å². The highest BCUT2D eigenvalue weighted by Gasteiger charge is 2.46. The number of fused-ring (bicyclic) bond motifs is 4. The first-order valence-electron chi connectivity index (χ1n) is 11.4. The van der Waals surface area contributed by atoms with E-state index in [9.17, 15) is 0 Å². The molecule has 0 radical (unpaired) electrons. The van der Waals surface area contributed by atoms with Crippen LogP contribution >= 0.6 is 0 Å². The summed E-state index contributed by atoms with van der Waals surface area (Å²) in [5.74, 6) is 0.810. The molecule has 2 aromatic heterocycles. The van der Waals surface area contributed by atoms with Crippen molar-refractivity contribution < 1.29 is 4.57 Å². The maximum absolute atomic E-state index is 4.75. The summed E-state index contributed by atoms with van der Waals surface area (Å²) >= 11 is 0. The monoisotopic (exact) mass is 422 g/mol. The third kappa shape index (κ3) is 2.83. The van der Waals surface area contributed by atoms with Gasteiger partial charge in [0.2, 0.25) is 5.69 Å². The number of hydrogen-bond acceptors (Lipinski definition) is 2. The van der Waals surface area contributed by atoms with E-state index in [0.717, 1.165) is 16.7 Å². The maximum Gasteiger partial charge on any atom is 0.212 e. The molecule has 0 fully saturated rings. The number of pyridine rings is 1. The third-order valence-corrected chi connectivity index (χ3v) is 7.98. The molecule has 0 atom stereocenters. The van der Waals surface area contributed by atoms with Crippen molar-refractivity contribution in [2.75, 3.05) is 0 Å². The summed E-state index contributed by atoms with van der Waals surface area (Å²) < 4.78 is 2.22. The highest BCUT2D eigenvalue weighted by atomic mass is 14.9.